The first-order chi connectivity index (χ1) is 9.75. The summed E-state index contributed by atoms with van der Waals surface area (Å²) in [4.78, 5) is 24.1. The molecule has 3 rings (SSSR count). The van der Waals surface area contributed by atoms with Crippen molar-refractivity contribution in [3.8, 4) is 0 Å². The Morgan fingerprint density at radius 3 is 2.57 bits per heavy atom. The van der Waals surface area contributed by atoms with Crippen LogP contribution in [0.15, 0.2) is 6.07 Å². The van der Waals surface area contributed by atoms with Crippen LogP contribution in [0.25, 0.3) is 0 Å². The summed E-state index contributed by atoms with van der Waals surface area (Å²) in [6, 6.07) is 1.11. The second kappa shape index (κ2) is 4.26. The lowest BCUT2D eigenvalue weighted by Gasteiger charge is -2.18. The van der Waals surface area contributed by atoms with Crippen molar-refractivity contribution in [1.29, 1.82) is 0 Å². The molecule has 112 valence electrons. The molecule has 0 atom stereocenters. The zero-order valence-corrected chi connectivity index (χ0v) is 11.7. The highest BCUT2D eigenvalue weighted by Crippen LogP contribution is 2.50. The monoisotopic (exact) mass is 295 g/mol. The van der Waals surface area contributed by atoms with Crippen molar-refractivity contribution in [2.45, 2.75) is 38.0 Å². The Kier molecular flexibility index (Phi) is 2.83. The summed E-state index contributed by atoms with van der Waals surface area (Å²) in [5, 5.41) is 8.89. The second-order valence-corrected chi connectivity index (χ2v) is 6.17. The zero-order chi connectivity index (χ0) is 15.5. The molecule has 2 aliphatic rings. The summed E-state index contributed by atoms with van der Waals surface area (Å²) in [7, 11) is 0. The van der Waals surface area contributed by atoms with Crippen molar-refractivity contribution < 1.29 is 23.5 Å². The molecule has 21 heavy (non-hydrogen) atoms. The number of nitrogens with zero attached hydrogens (tertiary/aromatic N) is 1. The molecular weight excluding hydrogens is 280 g/mol. The van der Waals surface area contributed by atoms with Gasteiger partial charge < -0.3 is 5.11 Å². The molecule has 1 fully saturated rings. The van der Waals surface area contributed by atoms with Gasteiger partial charge in [-0.15, -0.1) is 0 Å². The van der Waals surface area contributed by atoms with Gasteiger partial charge in [0.25, 0.3) is 0 Å². The number of anilines is 1. The van der Waals surface area contributed by atoms with Gasteiger partial charge in [0.1, 0.15) is 18.2 Å². The minimum Gasteiger partial charge on any atom is -0.480 e. The SMILES string of the molecule is CC1(C)C(=O)N(CC(=O)O)c2c(F)cc(C3CC3)c(F)c21. The van der Waals surface area contributed by atoms with Crippen molar-refractivity contribution in [1.82, 2.24) is 0 Å². The Balaban J connectivity index is 2.23. The van der Waals surface area contributed by atoms with Crippen molar-refractivity contribution in [3.05, 3.63) is 28.8 Å². The molecule has 0 saturated heterocycles. The summed E-state index contributed by atoms with van der Waals surface area (Å²) >= 11 is 0. The molecule has 0 unspecified atom stereocenters. The number of carboxylic acid groups (broad SMARTS) is 1. The van der Waals surface area contributed by atoms with Gasteiger partial charge in [-0.1, -0.05) is 0 Å². The number of hydrogen-bond donors (Lipinski definition) is 1. The molecule has 1 aliphatic carbocycles. The summed E-state index contributed by atoms with van der Waals surface area (Å²) < 4.78 is 29.1. The first-order valence-electron chi connectivity index (χ1n) is 6.81. The van der Waals surface area contributed by atoms with E-state index in [9.17, 15) is 18.4 Å². The number of aliphatic carboxylic acids is 1. The molecule has 6 heteroatoms. The lowest BCUT2D eigenvalue weighted by atomic mass is 9.84. The van der Waals surface area contributed by atoms with E-state index in [4.69, 9.17) is 5.11 Å². The van der Waals surface area contributed by atoms with E-state index in [1.807, 2.05) is 0 Å². The molecule has 0 spiro atoms. The van der Waals surface area contributed by atoms with E-state index in [2.05, 4.69) is 0 Å². The maximum absolute atomic E-state index is 14.7. The van der Waals surface area contributed by atoms with Crippen LogP contribution in [-0.4, -0.2) is 23.5 Å². The zero-order valence-electron chi connectivity index (χ0n) is 11.7. The summed E-state index contributed by atoms with van der Waals surface area (Å²) in [6.07, 6.45) is 1.62. The Labute approximate surface area is 120 Å². The van der Waals surface area contributed by atoms with Crippen molar-refractivity contribution >= 4 is 17.6 Å². The molecule has 1 aromatic rings. The third kappa shape index (κ3) is 1.92. The fraction of sp³-hybridized carbons (Fsp3) is 0.467. The molecule has 1 aliphatic heterocycles. The molecule has 0 aromatic heterocycles. The third-order valence-electron chi connectivity index (χ3n) is 4.20. The van der Waals surface area contributed by atoms with Crippen LogP contribution in [0.5, 0.6) is 0 Å². The van der Waals surface area contributed by atoms with E-state index in [1.54, 1.807) is 0 Å². The van der Waals surface area contributed by atoms with Crippen LogP contribution in [0.4, 0.5) is 14.5 Å². The predicted octanol–water partition coefficient (Wildman–Crippen LogP) is 2.55. The fourth-order valence-electron chi connectivity index (χ4n) is 2.99. The molecular formula is C15H15F2NO3. The number of carbonyl (C=O) groups excluding carboxylic acids is 1. The van der Waals surface area contributed by atoms with Gasteiger partial charge in [0.15, 0.2) is 0 Å². The predicted molar refractivity (Wildman–Crippen MR) is 71.3 cm³/mol. The lowest BCUT2D eigenvalue weighted by Crippen LogP contribution is -2.39. The second-order valence-electron chi connectivity index (χ2n) is 6.17. The topological polar surface area (TPSA) is 57.6 Å². The highest BCUT2D eigenvalue weighted by atomic mass is 19.1. The number of halogens is 2. The fourth-order valence-corrected chi connectivity index (χ4v) is 2.99. The van der Waals surface area contributed by atoms with Crippen LogP contribution in [0, 0.1) is 11.6 Å². The van der Waals surface area contributed by atoms with Crippen LogP contribution in [0.2, 0.25) is 0 Å². The van der Waals surface area contributed by atoms with Crippen LogP contribution in [0.1, 0.15) is 43.7 Å². The van der Waals surface area contributed by atoms with E-state index in [0.29, 0.717) is 5.56 Å². The smallest absolute Gasteiger partial charge is 0.323 e. The van der Waals surface area contributed by atoms with Gasteiger partial charge in [-0.3, -0.25) is 14.5 Å². The Morgan fingerprint density at radius 2 is 2.05 bits per heavy atom. The van der Waals surface area contributed by atoms with Crippen molar-refractivity contribution in [2.24, 2.45) is 0 Å². The Bertz CT molecular complexity index is 665. The van der Waals surface area contributed by atoms with E-state index in [-0.39, 0.29) is 17.2 Å². The number of amides is 1. The Hall–Kier alpha value is -1.98. The van der Waals surface area contributed by atoms with Gasteiger partial charge in [-0.05, 0) is 44.2 Å². The van der Waals surface area contributed by atoms with Crippen molar-refractivity contribution in [2.75, 3.05) is 11.4 Å². The van der Waals surface area contributed by atoms with Crippen LogP contribution in [-0.2, 0) is 15.0 Å². The molecule has 1 amide bonds. The number of hydrogen-bond acceptors (Lipinski definition) is 2. The molecule has 4 nitrogen and oxygen atoms in total. The normalized spacial score (nSPS) is 19.8. The lowest BCUT2D eigenvalue weighted by molar-refractivity contribution is -0.137. The number of rotatable bonds is 3. The number of carboxylic acids is 1. The van der Waals surface area contributed by atoms with Crippen LogP contribution < -0.4 is 4.90 Å². The van der Waals surface area contributed by atoms with Gasteiger partial charge in [-0.2, -0.15) is 0 Å². The first-order valence-corrected chi connectivity index (χ1v) is 6.81. The summed E-state index contributed by atoms with van der Waals surface area (Å²) in [5.74, 6) is -3.15. The molecule has 1 aromatic carbocycles. The largest absolute Gasteiger partial charge is 0.480 e. The number of benzene rings is 1. The minimum atomic E-state index is -1.27. The molecule has 1 saturated carbocycles. The maximum Gasteiger partial charge on any atom is 0.323 e. The first kappa shape index (κ1) is 14.0. The minimum absolute atomic E-state index is 0.00391. The summed E-state index contributed by atoms with van der Waals surface area (Å²) in [6.45, 7) is 2.32. The van der Waals surface area contributed by atoms with E-state index < -0.39 is 35.5 Å². The number of fused-ring (bicyclic) bond motifs is 1. The average molecular weight is 295 g/mol. The standard InChI is InChI=1S/C15H15F2NO3/c1-15(2)11-12(17)8(7-3-4-7)5-9(16)13(11)18(14(15)21)6-10(19)20/h5,7H,3-4,6H2,1-2H3,(H,19,20). The Morgan fingerprint density at radius 1 is 1.43 bits per heavy atom. The quantitative estimate of drug-likeness (QED) is 0.932. The molecule has 0 bridgehead atoms. The molecule has 0 radical (unpaired) electrons. The van der Waals surface area contributed by atoms with Crippen LogP contribution >= 0.6 is 0 Å². The average Bonchev–Trinajstić information content (AvgIpc) is 3.18. The van der Waals surface area contributed by atoms with E-state index >= 15 is 0 Å². The van der Waals surface area contributed by atoms with E-state index in [0.717, 1.165) is 23.8 Å². The van der Waals surface area contributed by atoms with E-state index in [1.165, 1.54) is 13.8 Å². The summed E-state index contributed by atoms with van der Waals surface area (Å²) in [5.41, 5.74) is -1.21. The molecule has 1 N–H and O–H groups in total. The van der Waals surface area contributed by atoms with Gasteiger partial charge in [0.05, 0.1) is 11.1 Å². The number of carbonyl (C=O) groups is 2. The van der Waals surface area contributed by atoms with Gasteiger partial charge in [-0.25, -0.2) is 8.78 Å². The van der Waals surface area contributed by atoms with Gasteiger partial charge in [0.2, 0.25) is 5.91 Å². The van der Waals surface area contributed by atoms with Crippen molar-refractivity contribution in [3.63, 3.8) is 0 Å². The highest BCUT2D eigenvalue weighted by Gasteiger charge is 2.49. The van der Waals surface area contributed by atoms with Gasteiger partial charge in [0, 0.05) is 5.56 Å². The third-order valence-corrected chi connectivity index (χ3v) is 4.20. The molecule has 1 heterocycles. The van der Waals surface area contributed by atoms with Gasteiger partial charge >= 0.3 is 5.97 Å². The maximum atomic E-state index is 14.7. The highest BCUT2D eigenvalue weighted by molar-refractivity contribution is 6.10. The van der Waals surface area contributed by atoms with Crippen LogP contribution in [0.3, 0.4) is 0 Å².